The molecule has 0 radical (unpaired) electrons. The van der Waals surface area contributed by atoms with Gasteiger partial charge in [0.25, 0.3) is 5.91 Å². The first-order valence-corrected chi connectivity index (χ1v) is 13.6. The van der Waals surface area contributed by atoms with Crippen LogP contribution in [0.5, 0.6) is 11.5 Å². The lowest BCUT2D eigenvalue weighted by Crippen LogP contribution is -2.50. The number of amides is 3. The summed E-state index contributed by atoms with van der Waals surface area (Å²) >= 11 is 0. The minimum absolute atomic E-state index is 0.232. The van der Waals surface area contributed by atoms with Crippen LogP contribution < -0.4 is 14.4 Å². The van der Waals surface area contributed by atoms with Gasteiger partial charge in [-0.3, -0.25) is 4.79 Å². The molecule has 0 aliphatic carbocycles. The van der Waals surface area contributed by atoms with Gasteiger partial charge in [-0.2, -0.15) is 0 Å². The first kappa shape index (κ1) is 25.0. The number of aromatic nitrogens is 1. The van der Waals surface area contributed by atoms with Crippen molar-refractivity contribution in [2.45, 2.75) is 45.6 Å². The highest BCUT2D eigenvalue weighted by atomic mass is 16.5. The summed E-state index contributed by atoms with van der Waals surface area (Å²) in [5.74, 6) is 0.894. The fraction of sp³-hybridized carbons (Fsp3) is 0.312. The van der Waals surface area contributed by atoms with E-state index < -0.39 is 5.54 Å². The number of anilines is 1. The zero-order chi connectivity index (χ0) is 27.3. The Kier molecular flexibility index (Phi) is 6.09. The number of rotatable bonds is 7. The van der Waals surface area contributed by atoms with Crippen LogP contribution in [0, 0.1) is 6.92 Å². The Balaban J connectivity index is 1.58. The van der Waals surface area contributed by atoms with E-state index in [1.54, 1.807) is 4.90 Å². The molecule has 0 spiro atoms. The lowest BCUT2D eigenvalue weighted by molar-refractivity contribution is -0.125. The molecule has 1 saturated heterocycles. The summed E-state index contributed by atoms with van der Waals surface area (Å²) in [6, 6.07) is 21.2. The quantitative estimate of drug-likeness (QED) is 0.281. The van der Waals surface area contributed by atoms with Crippen molar-refractivity contribution in [1.29, 1.82) is 0 Å². The molecule has 1 aromatic heterocycles. The number of benzene rings is 3. The van der Waals surface area contributed by atoms with Crippen molar-refractivity contribution in [3.05, 3.63) is 89.1 Å². The highest BCUT2D eigenvalue weighted by Gasteiger charge is 2.61. The second-order valence-electron chi connectivity index (χ2n) is 10.4. The Bertz CT molecular complexity index is 1590. The molecule has 2 aliphatic heterocycles. The SMILES string of the molecule is CCCOc1cccc([C@H]2CN3C(=O)N(c4ccccc4C)C(=O)[C@]3(C)c3[nH]c4ccccc4c32)c1OCC. The van der Waals surface area contributed by atoms with Gasteiger partial charge in [-0.15, -0.1) is 0 Å². The Morgan fingerprint density at radius 3 is 2.51 bits per heavy atom. The van der Waals surface area contributed by atoms with Crippen LogP contribution in [0.4, 0.5) is 10.5 Å². The molecule has 2 aliphatic rings. The van der Waals surface area contributed by atoms with Gasteiger partial charge >= 0.3 is 6.03 Å². The molecule has 7 heteroatoms. The Labute approximate surface area is 228 Å². The largest absolute Gasteiger partial charge is 0.490 e. The highest BCUT2D eigenvalue weighted by molar-refractivity contribution is 6.24. The Morgan fingerprint density at radius 1 is 0.974 bits per heavy atom. The molecular weight excluding hydrogens is 490 g/mol. The van der Waals surface area contributed by atoms with E-state index in [0.29, 0.717) is 36.9 Å². The molecular formula is C32H33N3O4. The van der Waals surface area contributed by atoms with E-state index in [0.717, 1.165) is 39.7 Å². The van der Waals surface area contributed by atoms with Gasteiger partial charge in [-0.25, -0.2) is 9.69 Å². The van der Waals surface area contributed by atoms with E-state index in [2.05, 4.69) is 18.0 Å². The van der Waals surface area contributed by atoms with Crippen molar-refractivity contribution < 1.29 is 19.1 Å². The molecule has 0 unspecified atom stereocenters. The minimum Gasteiger partial charge on any atom is -0.490 e. The van der Waals surface area contributed by atoms with Gasteiger partial charge < -0.3 is 19.4 Å². The van der Waals surface area contributed by atoms with E-state index >= 15 is 0 Å². The molecule has 3 amide bonds. The summed E-state index contributed by atoms with van der Waals surface area (Å²) in [6.45, 7) is 9.19. The van der Waals surface area contributed by atoms with Crippen LogP contribution in [0.2, 0.25) is 0 Å². The zero-order valence-electron chi connectivity index (χ0n) is 22.8. The van der Waals surface area contributed by atoms with Crippen molar-refractivity contribution in [2.24, 2.45) is 0 Å². The van der Waals surface area contributed by atoms with E-state index in [1.165, 1.54) is 4.90 Å². The van der Waals surface area contributed by atoms with Gasteiger partial charge in [-0.1, -0.05) is 55.5 Å². The van der Waals surface area contributed by atoms with Gasteiger partial charge in [0.15, 0.2) is 17.0 Å². The number of ether oxygens (including phenoxy) is 2. The summed E-state index contributed by atoms with van der Waals surface area (Å²) in [7, 11) is 0. The fourth-order valence-electron chi connectivity index (χ4n) is 6.13. The molecule has 3 heterocycles. The van der Waals surface area contributed by atoms with Crippen LogP contribution in [0.1, 0.15) is 55.5 Å². The van der Waals surface area contributed by atoms with Crippen molar-refractivity contribution in [3.8, 4) is 11.5 Å². The van der Waals surface area contributed by atoms with Gasteiger partial charge in [0.2, 0.25) is 0 Å². The maximum absolute atomic E-state index is 14.2. The molecule has 6 rings (SSSR count). The van der Waals surface area contributed by atoms with Crippen LogP contribution in [0.25, 0.3) is 10.9 Å². The summed E-state index contributed by atoms with van der Waals surface area (Å²) in [6.07, 6.45) is 0.878. The monoisotopic (exact) mass is 523 g/mol. The number of aromatic amines is 1. The van der Waals surface area contributed by atoms with E-state index in [9.17, 15) is 9.59 Å². The molecule has 0 bridgehead atoms. The highest BCUT2D eigenvalue weighted by Crippen LogP contribution is 2.52. The smallest absolute Gasteiger partial charge is 0.332 e. The van der Waals surface area contributed by atoms with Crippen LogP contribution >= 0.6 is 0 Å². The molecule has 2 atom stereocenters. The molecule has 1 fully saturated rings. The third-order valence-electron chi connectivity index (χ3n) is 8.02. The van der Waals surface area contributed by atoms with Crippen molar-refractivity contribution >= 4 is 28.5 Å². The summed E-state index contributed by atoms with van der Waals surface area (Å²) in [5.41, 5.74) is 3.95. The van der Waals surface area contributed by atoms with E-state index in [4.69, 9.17) is 9.47 Å². The number of hydrogen-bond acceptors (Lipinski definition) is 4. The number of aryl methyl sites for hydroxylation is 1. The number of H-pyrrole nitrogens is 1. The number of imide groups is 1. The van der Waals surface area contributed by atoms with Crippen molar-refractivity contribution in [2.75, 3.05) is 24.7 Å². The second-order valence-corrected chi connectivity index (χ2v) is 10.4. The molecule has 3 aromatic carbocycles. The molecule has 200 valence electrons. The molecule has 1 N–H and O–H groups in total. The predicted octanol–water partition coefficient (Wildman–Crippen LogP) is 6.49. The number of nitrogens with zero attached hydrogens (tertiary/aromatic N) is 2. The van der Waals surface area contributed by atoms with E-state index in [1.807, 2.05) is 81.4 Å². The predicted molar refractivity (Wildman–Crippen MR) is 152 cm³/mol. The van der Waals surface area contributed by atoms with Gasteiger partial charge in [0.1, 0.15) is 0 Å². The van der Waals surface area contributed by atoms with Crippen LogP contribution in [-0.4, -0.2) is 41.6 Å². The van der Waals surface area contributed by atoms with Crippen molar-refractivity contribution in [1.82, 2.24) is 9.88 Å². The standard InChI is InChI=1S/C32H33N3O4/c1-5-18-39-26-17-11-14-21(28(26)38-6-2)23-19-34-31(37)35(25-16-10-7-12-20(25)3)30(36)32(34,4)29-27(23)22-13-8-9-15-24(22)33-29/h7-17,23,33H,5-6,18-19H2,1-4H3/t23-,32+/m1/s1. The number of carbonyl (C=O) groups is 2. The summed E-state index contributed by atoms with van der Waals surface area (Å²) in [4.78, 5) is 35.0. The van der Waals surface area contributed by atoms with Crippen LogP contribution in [-0.2, 0) is 10.3 Å². The number of urea groups is 1. The lowest BCUT2D eigenvalue weighted by atomic mass is 9.78. The third-order valence-corrected chi connectivity index (χ3v) is 8.02. The maximum Gasteiger partial charge on any atom is 0.332 e. The van der Waals surface area contributed by atoms with E-state index in [-0.39, 0.29) is 17.9 Å². The Morgan fingerprint density at radius 2 is 1.74 bits per heavy atom. The fourth-order valence-corrected chi connectivity index (χ4v) is 6.13. The number of carbonyl (C=O) groups excluding carboxylic acids is 2. The second kappa shape index (κ2) is 9.49. The summed E-state index contributed by atoms with van der Waals surface area (Å²) in [5, 5.41) is 1.04. The van der Waals surface area contributed by atoms with Gasteiger partial charge in [0, 0.05) is 28.9 Å². The molecule has 7 nitrogen and oxygen atoms in total. The molecule has 39 heavy (non-hydrogen) atoms. The number of fused-ring (bicyclic) bond motifs is 5. The lowest BCUT2D eigenvalue weighted by Gasteiger charge is -2.40. The Hall–Kier alpha value is -4.26. The minimum atomic E-state index is -1.17. The first-order chi connectivity index (χ1) is 18.9. The first-order valence-electron chi connectivity index (χ1n) is 13.6. The number of nitrogens with one attached hydrogen (secondary N) is 1. The third kappa shape index (κ3) is 3.63. The van der Waals surface area contributed by atoms with Crippen molar-refractivity contribution in [3.63, 3.8) is 0 Å². The topological polar surface area (TPSA) is 74.9 Å². The molecule has 4 aromatic rings. The van der Waals surface area contributed by atoms with Crippen LogP contribution in [0.15, 0.2) is 66.7 Å². The van der Waals surface area contributed by atoms with Gasteiger partial charge in [-0.05, 0) is 56.5 Å². The maximum atomic E-state index is 14.2. The van der Waals surface area contributed by atoms with Crippen LogP contribution in [0.3, 0.4) is 0 Å². The average Bonchev–Trinajstić information content (AvgIpc) is 3.42. The number of para-hydroxylation sites is 3. The van der Waals surface area contributed by atoms with Gasteiger partial charge in [0.05, 0.1) is 24.6 Å². The zero-order valence-corrected chi connectivity index (χ0v) is 22.8. The average molecular weight is 524 g/mol. The molecule has 0 saturated carbocycles. The normalized spacial score (nSPS) is 20.4. The summed E-state index contributed by atoms with van der Waals surface area (Å²) < 4.78 is 12.3. The number of hydrogen-bond donors (Lipinski definition) is 1.